The molecule has 6 heteroatoms. The van der Waals surface area contributed by atoms with E-state index in [1.54, 1.807) is 0 Å². The molecular weight excluding hydrogens is 453 g/mol. The lowest BCUT2D eigenvalue weighted by molar-refractivity contribution is 0.118. The summed E-state index contributed by atoms with van der Waals surface area (Å²) in [6, 6.07) is 18.3. The third kappa shape index (κ3) is 7.76. The van der Waals surface area contributed by atoms with Gasteiger partial charge in [-0.2, -0.15) is 0 Å². The zero-order chi connectivity index (χ0) is 18.0. The van der Waals surface area contributed by atoms with Crippen molar-refractivity contribution in [1.29, 1.82) is 0 Å². The standard InChI is InChI=1S/C21H27N3O2.HI/c22-21(24-15-20-7-4-14-25-20)23-13-12-17-8-10-19(11-9-17)26-16-18-5-2-1-3-6-18;/h1-3,5-6,8-11,20H,4,7,12-16H2,(H3,22,23,24);1H. The summed E-state index contributed by atoms with van der Waals surface area (Å²) in [4.78, 5) is 4.34. The lowest BCUT2D eigenvalue weighted by atomic mass is 10.1. The molecule has 1 aliphatic heterocycles. The Kier molecular flexibility index (Phi) is 9.41. The summed E-state index contributed by atoms with van der Waals surface area (Å²) in [6.07, 6.45) is 3.32. The Bertz CT molecular complexity index is 686. The van der Waals surface area contributed by atoms with Crippen LogP contribution in [0.3, 0.4) is 0 Å². The number of nitrogens with one attached hydrogen (secondary N) is 1. The number of hydrogen-bond acceptors (Lipinski definition) is 3. The first-order valence-electron chi connectivity index (χ1n) is 9.20. The van der Waals surface area contributed by atoms with Gasteiger partial charge in [0.25, 0.3) is 0 Å². The first-order valence-corrected chi connectivity index (χ1v) is 9.20. The highest BCUT2D eigenvalue weighted by Gasteiger charge is 2.14. The molecule has 1 saturated heterocycles. The quantitative estimate of drug-likeness (QED) is 0.344. The van der Waals surface area contributed by atoms with Crippen LogP contribution >= 0.6 is 24.0 Å². The predicted octanol–water partition coefficient (Wildman–Crippen LogP) is 3.51. The summed E-state index contributed by atoms with van der Waals surface area (Å²) in [6.45, 7) is 2.83. The first kappa shape index (κ1) is 21.5. The number of hydrogen-bond donors (Lipinski definition) is 2. The molecule has 3 N–H and O–H groups in total. The molecule has 0 radical (unpaired) electrons. The fourth-order valence-corrected chi connectivity index (χ4v) is 2.87. The molecule has 2 aromatic carbocycles. The number of benzene rings is 2. The van der Waals surface area contributed by atoms with Gasteiger partial charge in [-0.15, -0.1) is 24.0 Å². The van der Waals surface area contributed by atoms with Crippen molar-refractivity contribution in [3.8, 4) is 5.75 Å². The number of ether oxygens (including phenoxy) is 2. The van der Waals surface area contributed by atoms with E-state index in [1.807, 2.05) is 30.3 Å². The summed E-state index contributed by atoms with van der Waals surface area (Å²) in [7, 11) is 0. The molecule has 1 aliphatic rings. The Morgan fingerprint density at radius 2 is 1.89 bits per heavy atom. The number of nitrogens with zero attached hydrogens (tertiary/aromatic N) is 1. The van der Waals surface area contributed by atoms with Gasteiger partial charge >= 0.3 is 0 Å². The molecule has 0 aromatic heterocycles. The minimum Gasteiger partial charge on any atom is -0.489 e. The fraction of sp³-hybridized carbons (Fsp3) is 0.381. The first-order chi connectivity index (χ1) is 12.8. The van der Waals surface area contributed by atoms with Gasteiger partial charge in [-0.05, 0) is 42.5 Å². The molecule has 5 nitrogen and oxygen atoms in total. The van der Waals surface area contributed by atoms with Crippen molar-refractivity contribution in [2.45, 2.75) is 32.0 Å². The maximum absolute atomic E-state index is 5.90. The Balaban J connectivity index is 0.00000261. The van der Waals surface area contributed by atoms with Gasteiger partial charge in [0.1, 0.15) is 12.4 Å². The minimum atomic E-state index is 0. The van der Waals surface area contributed by atoms with Gasteiger partial charge in [0.2, 0.25) is 0 Å². The van der Waals surface area contributed by atoms with E-state index in [2.05, 4.69) is 34.6 Å². The number of halogens is 1. The van der Waals surface area contributed by atoms with Crippen LogP contribution in [-0.2, 0) is 17.8 Å². The molecule has 1 atom stereocenters. The monoisotopic (exact) mass is 481 g/mol. The second kappa shape index (κ2) is 11.8. The van der Waals surface area contributed by atoms with Crippen LogP contribution in [0.1, 0.15) is 24.0 Å². The van der Waals surface area contributed by atoms with Crippen LogP contribution in [0, 0.1) is 0 Å². The van der Waals surface area contributed by atoms with Gasteiger partial charge in [-0.25, -0.2) is 0 Å². The van der Waals surface area contributed by atoms with Crippen LogP contribution < -0.4 is 15.8 Å². The van der Waals surface area contributed by atoms with Crippen molar-refractivity contribution >= 4 is 29.9 Å². The van der Waals surface area contributed by atoms with Gasteiger partial charge in [0.15, 0.2) is 5.96 Å². The molecule has 0 saturated carbocycles. The molecule has 3 rings (SSSR count). The summed E-state index contributed by atoms with van der Waals surface area (Å²) in [5.41, 5.74) is 8.30. The van der Waals surface area contributed by atoms with Crippen molar-refractivity contribution in [3.63, 3.8) is 0 Å². The Labute approximate surface area is 178 Å². The molecular formula is C21H28IN3O2. The highest BCUT2D eigenvalue weighted by atomic mass is 127. The number of guanidine groups is 1. The van der Waals surface area contributed by atoms with Crippen molar-refractivity contribution < 1.29 is 9.47 Å². The van der Waals surface area contributed by atoms with Crippen molar-refractivity contribution in [3.05, 3.63) is 65.7 Å². The third-order valence-electron chi connectivity index (χ3n) is 4.38. The maximum Gasteiger partial charge on any atom is 0.188 e. The average Bonchev–Trinajstić information content (AvgIpc) is 3.20. The topological polar surface area (TPSA) is 68.9 Å². The van der Waals surface area contributed by atoms with Gasteiger partial charge in [-0.1, -0.05) is 42.5 Å². The van der Waals surface area contributed by atoms with Crippen molar-refractivity contribution in [2.24, 2.45) is 10.7 Å². The molecule has 146 valence electrons. The lowest BCUT2D eigenvalue weighted by Crippen LogP contribution is -2.34. The third-order valence-corrected chi connectivity index (χ3v) is 4.38. The second-order valence-corrected chi connectivity index (χ2v) is 6.46. The molecule has 0 amide bonds. The molecule has 1 heterocycles. The Hall–Kier alpha value is -1.80. The van der Waals surface area contributed by atoms with E-state index in [4.69, 9.17) is 15.2 Å². The van der Waals surface area contributed by atoms with Crippen LogP contribution in [0.4, 0.5) is 0 Å². The predicted molar refractivity (Wildman–Crippen MR) is 120 cm³/mol. The summed E-state index contributed by atoms with van der Waals surface area (Å²) in [5.74, 6) is 1.37. The van der Waals surface area contributed by atoms with Crippen LogP contribution in [-0.4, -0.2) is 31.8 Å². The number of aliphatic imine (C=N–C) groups is 1. The van der Waals surface area contributed by atoms with Crippen molar-refractivity contribution in [1.82, 2.24) is 5.32 Å². The SMILES string of the molecule is I.NC(=NCC1CCCO1)NCCc1ccc(OCc2ccccc2)cc1. The highest BCUT2D eigenvalue weighted by molar-refractivity contribution is 14.0. The van der Waals surface area contributed by atoms with Crippen molar-refractivity contribution in [2.75, 3.05) is 19.7 Å². The van der Waals surface area contributed by atoms with Gasteiger partial charge in [0, 0.05) is 13.2 Å². The van der Waals surface area contributed by atoms with E-state index in [1.165, 1.54) is 11.1 Å². The molecule has 0 bridgehead atoms. The molecule has 1 fully saturated rings. The molecule has 1 unspecified atom stereocenters. The van der Waals surface area contributed by atoms with E-state index in [0.29, 0.717) is 19.1 Å². The zero-order valence-electron chi connectivity index (χ0n) is 15.5. The van der Waals surface area contributed by atoms with E-state index in [9.17, 15) is 0 Å². The minimum absolute atomic E-state index is 0. The van der Waals surface area contributed by atoms with E-state index < -0.39 is 0 Å². The number of nitrogens with two attached hydrogens (primary N) is 1. The molecule has 27 heavy (non-hydrogen) atoms. The Morgan fingerprint density at radius 1 is 1.11 bits per heavy atom. The summed E-state index contributed by atoms with van der Waals surface area (Å²) >= 11 is 0. The van der Waals surface area contributed by atoms with Crippen LogP contribution in [0.15, 0.2) is 59.6 Å². The molecule has 2 aromatic rings. The highest BCUT2D eigenvalue weighted by Crippen LogP contribution is 2.14. The van der Waals surface area contributed by atoms with Gasteiger partial charge in [0.05, 0.1) is 12.6 Å². The van der Waals surface area contributed by atoms with E-state index >= 15 is 0 Å². The van der Waals surface area contributed by atoms with E-state index in [-0.39, 0.29) is 30.1 Å². The maximum atomic E-state index is 5.90. The van der Waals surface area contributed by atoms with Gasteiger partial charge < -0.3 is 20.5 Å². The largest absolute Gasteiger partial charge is 0.489 e. The second-order valence-electron chi connectivity index (χ2n) is 6.46. The van der Waals surface area contributed by atoms with E-state index in [0.717, 1.165) is 38.2 Å². The lowest BCUT2D eigenvalue weighted by Gasteiger charge is -2.09. The average molecular weight is 481 g/mol. The van der Waals surface area contributed by atoms with Crippen LogP contribution in [0.5, 0.6) is 5.75 Å². The zero-order valence-corrected chi connectivity index (χ0v) is 17.8. The van der Waals surface area contributed by atoms with Crippen LogP contribution in [0.25, 0.3) is 0 Å². The molecule has 0 aliphatic carbocycles. The summed E-state index contributed by atoms with van der Waals surface area (Å²) in [5, 5.41) is 3.16. The molecule has 0 spiro atoms. The van der Waals surface area contributed by atoms with Crippen LogP contribution in [0.2, 0.25) is 0 Å². The smallest absolute Gasteiger partial charge is 0.188 e. The Morgan fingerprint density at radius 3 is 2.59 bits per heavy atom. The van der Waals surface area contributed by atoms with Gasteiger partial charge in [-0.3, -0.25) is 4.99 Å². The normalized spacial score (nSPS) is 16.6. The fourth-order valence-electron chi connectivity index (χ4n) is 2.87. The summed E-state index contributed by atoms with van der Waals surface area (Å²) < 4.78 is 11.3. The number of rotatable bonds is 8.